The zero-order chi connectivity index (χ0) is 24.6. The number of benzene rings is 2. The van der Waals surface area contributed by atoms with Crippen molar-refractivity contribution in [2.75, 3.05) is 25.6 Å². The third kappa shape index (κ3) is 4.69. The van der Waals surface area contributed by atoms with Crippen LogP contribution in [0.2, 0.25) is 0 Å². The van der Waals surface area contributed by atoms with Crippen molar-refractivity contribution < 1.29 is 9.53 Å². The highest BCUT2D eigenvalue weighted by molar-refractivity contribution is 9.10. The van der Waals surface area contributed by atoms with Gasteiger partial charge in [-0.1, -0.05) is 45.5 Å². The Morgan fingerprint density at radius 1 is 1.21 bits per heavy atom. The van der Waals surface area contributed by atoms with Gasteiger partial charge in [-0.3, -0.25) is 9.36 Å². The van der Waals surface area contributed by atoms with Crippen LogP contribution in [0.5, 0.6) is 0 Å². The van der Waals surface area contributed by atoms with Crippen LogP contribution in [0.25, 0.3) is 6.08 Å². The maximum absolute atomic E-state index is 13.6. The maximum Gasteiger partial charge on any atom is 0.338 e. The van der Waals surface area contributed by atoms with Crippen molar-refractivity contribution >= 4 is 60.9 Å². The minimum atomic E-state index is -0.617. The summed E-state index contributed by atoms with van der Waals surface area (Å²) in [4.78, 5) is 33.7. The van der Waals surface area contributed by atoms with Crippen LogP contribution in [0.3, 0.4) is 0 Å². The molecular formula is C25H23Br2N3O3S. The summed E-state index contributed by atoms with van der Waals surface area (Å²) in [6.07, 6.45) is 1.86. The first-order chi connectivity index (χ1) is 16.2. The Bertz CT molecular complexity index is 1470. The molecule has 0 radical (unpaired) electrons. The highest BCUT2D eigenvalue weighted by Crippen LogP contribution is 2.31. The van der Waals surface area contributed by atoms with E-state index in [1.807, 2.05) is 67.5 Å². The second-order valence-corrected chi connectivity index (χ2v) is 10.7. The van der Waals surface area contributed by atoms with Gasteiger partial charge in [-0.15, -0.1) is 0 Å². The van der Waals surface area contributed by atoms with Crippen LogP contribution in [-0.2, 0) is 9.53 Å². The first-order valence-corrected chi connectivity index (χ1v) is 13.0. The molecular weight excluding hydrogens is 582 g/mol. The number of hydrogen-bond donors (Lipinski definition) is 0. The second kappa shape index (κ2) is 10.0. The topological polar surface area (TPSA) is 63.9 Å². The molecule has 0 bridgehead atoms. The van der Waals surface area contributed by atoms with Gasteiger partial charge in [-0.2, -0.15) is 0 Å². The van der Waals surface area contributed by atoms with E-state index in [4.69, 9.17) is 4.74 Å². The molecule has 1 unspecified atom stereocenters. The van der Waals surface area contributed by atoms with E-state index in [1.165, 1.54) is 11.3 Å². The number of halogens is 2. The van der Waals surface area contributed by atoms with Crippen LogP contribution in [0, 0.1) is 0 Å². The number of ether oxygens (including phenoxy) is 1. The molecule has 4 rings (SSSR count). The van der Waals surface area contributed by atoms with E-state index in [1.54, 1.807) is 18.4 Å². The van der Waals surface area contributed by atoms with Crippen LogP contribution in [0.4, 0.5) is 5.69 Å². The molecule has 0 saturated heterocycles. The second-order valence-electron chi connectivity index (χ2n) is 7.96. The number of esters is 1. The van der Waals surface area contributed by atoms with Gasteiger partial charge in [0.1, 0.15) is 0 Å². The fourth-order valence-corrected chi connectivity index (χ4v) is 5.94. The van der Waals surface area contributed by atoms with Crippen LogP contribution in [0.15, 0.2) is 72.5 Å². The normalized spacial score (nSPS) is 15.7. The van der Waals surface area contributed by atoms with Gasteiger partial charge in [0.05, 0.1) is 34.1 Å². The fraction of sp³-hybridized carbons (Fsp3) is 0.240. The SMILES string of the molecule is CCOC(=O)C1=C(C)N=c2sc(=Cc3ccc(N(C)C)c(Br)c3)c(=O)n2C1c1ccc(Br)cc1. The van der Waals surface area contributed by atoms with Gasteiger partial charge in [-0.25, -0.2) is 9.79 Å². The number of aromatic nitrogens is 1. The fourth-order valence-electron chi connectivity index (χ4n) is 3.88. The molecule has 1 aliphatic heterocycles. The summed E-state index contributed by atoms with van der Waals surface area (Å²) < 4.78 is 9.33. The first kappa shape index (κ1) is 24.6. The van der Waals surface area contributed by atoms with Gasteiger partial charge in [-0.05, 0) is 71.2 Å². The largest absolute Gasteiger partial charge is 0.463 e. The molecule has 0 N–H and O–H groups in total. The molecule has 0 amide bonds. The number of carbonyl (C=O) groups is 1. The third-order valence-corrected chi connectivity index (χ3v) is 7.60. The number of fused-ring (bicyclic) bond motifs is 1. The van der Waals surface area contributed by atoms with E-state index >= 15 is 0 Å². The minimum absolute atomic E-state index is 0.196. The van der Waals surface area contributed by atoms with Gasteiger partial charge >= 0.3 is 5.97 Å². The predicted octanol–water partition coefficient (Wildman–Crippen LogP) is 4.39. The summed E-state index contributed by atoms with van der Waals surface area (Å²) >= 11 is 8.38. The van der Waals surface area contributed by atoms with E-state index in [0.717, 1.165) is 25.8 Å². The van der Waals surface area contributed by atoms with Crippen LogP contribution >= 0.6 is 43.2 Å². The maximum atomic E-state index is 13.6. The number of carbonyl (C=O) groups excluding carboxylic acids is 1. The van der Waals surface area contributed by atoms with Crippen molar-refractivity contribution in [3.63, 3.8) is 0 Å². The quantitative estimate of drug-likeness (QED) is 0.405. The Morgan fingerprint density at radius 3 is 2.53 bits per heavy atom. The highest BCUT2D eigenvalue weighted by Gasteiger charge is 2.33. The molecule has 2 heterocycles. The molecule has 0 spiro atoms. The lowest BCUT2D eigenvalue weighted by Gasteiger charge is -2.24. The van der Waals surface area contributed by atoms with Crippen LogP contribution in [0.1, 0.15) is 31.0 Å². The van der Waals surface area contributed by atoms with E-state index in [0.29, 0.717) is 20.6 Å². The number of anilines is 1. The van der Waals surface area contributed by atoms with Crippen LogP contribution < -0.4 is 19.8 Å². The zero-order valence-electron chi connectivity index (χ0n) is 19.1. The molecule has 176 valence electrons. The molecule has 1 aliphatic rings. The monoisotopic (exact) mass is 603 g/mol. The Hall–Kier alpha value is -2.49. The predicted molar refractivity (Wildman–Crippen MR) is 143 cm³/mol. The van der Waals surface area contributed by atoms with Crippen molar-refractivity contribution in [1.82, 2.24) is 4.57 Å². The average Bonchev–Trinajstić information content (AvgIpc) is 3.08. The van der Waals surface area contributed by atoms with Gasteiger partial charge in [0.2, 0.25) is 0 Å². The van der Waals surface area contributed by atoms with Gasteiger partial charge in [0.25, 0.3) is 5.56 Å². The Kier molecular flexibility index (Phi) is 7.25. The van der Waals surface area contributed by atoms with Crippen molar-refractivity contribution in [3.05, 3.63) is 93.5 Å². The van der Waals surface area contributed by atoms with Crippen molar-refractivity contribution in [2.45, 2.75) is 19.9 Å². The Morgan fingerprint density at radius 2 is 1.91 bits per heavy atom. The summed E-state index contributed by atoms with van der Waals surface area (Å²) in [6, 6.07) is 12.9. The van der Waals surface area contributed by atoms with E-state index < -0.39 is 12.0 Å². The lowest BCUT2D eigenvalue weighted by molar-refractivity contribution is -0.139. The van der Waals surface area contributed by atoms with Crippen molar-refractivity contribution in [2.24, 2.45) is 4.99 Å². The molecule has 34 heavy (non-hydrogen) atoms. The molecule has 0 saturated carbocycles. The van der Waals surface area contributed by atoms with Crippen molar-refractivity contribution in [1.29, 1.82) is 0 Å². The lowest BCUT2D eigenvalue weighted by atomic mass is 9.96. The number of rotatable bonds is 5. The summed E-state index contributed by atoms with van der Waals surface area (Å²) in [5, 5.41) is 0. The smallest absolute Gasteiger partial charge is 0.338 e. The van der Waals surface area contributed by atoms with Crippen molar-refractivity contribution in [3.8, 4) is 0 Å². The molecule has 3 aromatic rings. The summed E-state index contributed by atoms with van der Waals surface area (Å²) in [5.74, 6) is -0.464. The third-order valence-electron chi connectivity index (χ3n) is 5.45. The Labute approximate surface area is 218 Å². The molecule has 1 aromatic heterocycles. The summed E-state index contributed by atoms with van der Waals surface area (Å²) in [7, 11) is 3.95. The first-order valence-electron chi connectivity index (χ1n) is 10.6. The van der Waals surface area contributed by atoms with Gasteiger partial charge in [0.15, 0.2) is 4.80 Å². The molecule has 0 fully saturated rings. The standard InChI is InChI=1S/C25H23Br2N3O3S/c1-5-33-24(32)21-14(2)28-25-30(22(21)16-7-9-17(26)10-8-16)23(31)20(34-25)13-15-6-11-19(29(3)4)18(27)12-15/h6-13,22H,5H2,1-4H3. The molecule has 1 atom stereocenters. The number of hydrogen-bond acceptors (Lipinski definition) is 6. The average molecular weight is 605 g/mol. The molecule has 9 heteroatoms. The number of thiazole rings is 1. The number of nitrogens with zero attached hydrogens (tertiary/aromatic N) is 3. The van der Waals surface area contributed by atoms with Gasteiger partial charge < -0.3 is 9.64 Å². The van der Waals surface area contributed by atoms with Crippen LogP contribution in [-0.4, -0.2) is 31.2 Å². The highest BCUT2D eigenvalue weighted by atomic mass is 79.9. The van der Waals surface area contributed by atoms with E-state index in [-0.39, 0.29) is 12.2 Å². The molecule has 6 nitrogen and oxygen atoms in total. The van der Waals surface area contributed by atoms with Gasteiger partial charge in [0, 0.05) is 23.0 Å². The van der Waals surface area contributed by atoms with E-state index in [2.05, 4.69) is 36.9 Å². The zero-order valence-corrected chi connectivity index (χ0v) is 23.1. The summed E-state index contributed by atoms with van der Waals surface area (Å²) in [6.45, 7) is 3.79. The van der Waals surface area contributed by atoms with E-state index in [9.17, 15) is 9.59 Å². The molecule has 2 aromatic carbocycles. The number of allylic oxidation sites excluding steroid dienone is 1. The lowest BCUT2D eigenvalue weighted by Crippen LogP contribution is -2.39. The molecule has 0 aliphatic carbocycles. The minimum Gasteiger partial charge on any atom is -0.463 e. The summed E-state index contributed by atoms with van der Waals surface area (Å²) in [5.41, 5.74) is 3.48. The Balaban J connectivity index is 1.91.